The smallest absolute Gasteiger partial charge is 0.0426 e. The van der Waals surface area contributed by atoms with Gasteiger partial charge in [-0.1, -0.05) is 24.1 Å². The van der Waals surface area contributed by atoms with Gasteiger partial charge in [-0.3, -0.25) is 0 Å². The van der Waals surface area contributed by atoms with Crippen LogP contribution in [-0.2, 0) is 0 Å². The van der Waals surface area contributed by atoms with Crippen molar-refractivity contribution in [3.8, 4) is 0 Å². The summed E-state index contributed by atoms with van der Waals surface area (Å²) in [5.41, 5.74) is 7.22. The van der Waals surface area contributed by atoms with Crippen molar-refractivity contribution >= 4 is 17.3 Å². The Morgan fingerprint density at radius 2 is 2.20 bits per heavy atom. The average molecular weight is 225 g/mol. The second kappa shape index (κ2) is 4.42. The zero-order valence-corrected chi connectivity index (χ0v) is 9.56. The molecule has 1 aromatic rings. The highest BCUT2D eigenvalue weighted by Gasteiger charge is 2.35. The zero-order chi connectivity index (χ0) is 10.7. The monoisotopic (exact) mass is 224 g/mol. The highest BCUT2D eigenvalue weighted by molar-refractivity contribution is 6.30. The van der Waals surface area contributed by atoms with E-state index >= 15 is 0 Å². The summed E-state index contributed by atoms with van der Waals surface area (Å²) in [6, 6.07) is 7.83. The molecule has 0 atom stereocenters. The Hall–Kier alpha value is -0.730. The van der Waals surface area contributed by atoms with Crippen molar-refractivity contribution in [2.45, 2.75) is 19.3 Å². The van der Waals surface area contributed by atoms with Gasteiger partial charge in [0.15, 0.2) is 0 Å². The number of hydrogen-bond acceptors (Lipinski definition) is 2. The first-order valence-corrected chi connectivity index (χ1v) is 5.81. The molecule has 1 saturated carbocycles. The Morgan fingerprint density at radius 1 is 1.40 bits per heavy atom. The van der Waals surface area contributed by atoms with Crippen LogP contribution >= 0.6 is 11.6 Å². The van der Waals surface area contributed by atoms with Crippen LogP contribution in [0.3, 0.4) is 0 Å². The summed E-state index contributed by atoms with van der Waals surface area (Å²) in [5, 5.41) is 4.19. The molecule has 1 fully saturated rings. The molecule has 82 valence electrons. The lowest BCUT2D eigenvalue weighted by molar-refractivity contribution is 0.163. The summed E-state index contributed by atoms with van der Waals surface area (Å²) >= 11 is 5.91. The molecule has 0 spiro atoms. The fourth-order valence-electron chi connectivity index (χ4n) is 2.02. The number of anilines is 1. The third kappa shape index (κ3) is 2.44. The van der Waals surface area contributed by atoms with E-state index in [-0.39, 0.29) is 0 Å². The third-order valence-corrected chi connectivity index (χ3v) is 3.57. The number of nitrogens with two attached hydrogens (primary N) is 1. The summed E-state index contributed by atoms with van der Waals surface area (Å²) in [4.78, 5) is 0. The molecule has 0 heterocycles. The molecule has 0 bridgehead atoms. The number of rotatable bonds is 4. The van der Waals surface area contributed by atoms with Gasteiger partial charge in [-0.05, 0) is 43.0 Å². The van der Waals surface area contributed by atoms with Gasteiger partial charge in [0.05, 0.1) is 0 Å². The van der Waals surface area contributed by atoms with E-state index in [0.29, 0.717) is 5.41 Å². The van der Waals surface area contributed by atoms with Gasteiger partial charge >= 0.3 is 0 Å². The molecule has 0 aliphatic heterocycles. The van der Waals surface area contributed by atoms with Crippen LogP contribution in [0.5, 0.6) is 0 Å². The van der Waals surface area contributed by atoms with E-state index in [1.807, 2.05) is 24.3 Å². The molecule has 0 amide bonds. The van der Waals surface area contributed by atoms with Gasteiger partial charge in [-0.25, -0.2) is 0 Å². The fourth-order valence-corrected chi connectivity index (χ4v) is 2.21. The number of hydrogen-bond donors (Lipinski definition) is 2. The first kappa shape index (κ1) is 10.8. The van der Waals surface area contributed by atoms with Crippen LogP contribution in [0.15, 0.2) is 24.3 Å². The van der Waals surface area contributed by atoms with E-state index < -0.39 is 0 Å². The standard InChI is InChI=1S/C12H17ClN2/c13-10-3-1-4-11(7-10)15-9-12(8-14)5-2-6-12/h1,3-4,7,15H,2,5-6,8-9,14H2. The molecule has 15 heavy (non-hydrogen) atoms. The lowest BCUT2D eigenvalue weighted by atomic mass is 9.69. The van der Waals surface area contributed by atoms with Gasteiger partial charge in [0, 0.05) is 17.3 Å². The fraction of sp³-hybridized carbons (Fsp3) is 0.500. The van der Waals surface area contributed by atoms with Crippen LogP contribution in [0.2, 0.25) is 5.02 Å². The number of halogens is 1. The van der Waals surface area contributed by atoms with Crippen LogP contribution < -0.4 is 11.1 Å². The molecule has 3 heteroatoms. The van der Waals surface area contributed by atoms with Crippen molar-refractivity contribution in [3.05, 3.63) is 29.3 Å². The second-order valence-corrected chi connectivity index (χ2v) is 4.86. The molecule has 1 aliphatic rings. The van der Waals surface area contributed by atoms with Crippen molar-refractivity contribution in [1.82, 2.24) is 0 Å². The lowest BCUT2D eigenvalue weighted by Crippen LogP contribution is -2.42. The van der Waals surface area contributed by atoms with Gasteiger partial charge in [0.25, 0.3) is 0 Å². The van der Waals surface area contributed by atoms with Gasteiger partial charge < -0.3 is 11.1 Å². The highest BCUT2D eigenvalue weighted by atomic mass is 35.5. The van der Waals surface area contributed by atoms with E-state index in [1.54, 1.807) is 0 Å². The van der Waals surface area contributed by atoms with Gasteiger partial charge in [-0.15, -0.1) is 0 Å². The Labute approximate surface area is 95.8 Å². The minimum atomic E-state index is 0.336. The van der Waals surface area contributed by atoms with Crippen molar-refractivity contribution in [2.24, 2.45) is 11.1 Å². The first-order valence-electron chi connectivity index (χ1n) is 5.44. The summed E-state index contributed by atoms with van der Waals surface area (Å²) < 4.78 is 0. The van der Waals surface area contributed by atoms with E-state index in [4.69, 9.17) is 17.3 Å². The topological polar surface area (TPSA) is 38.0 Å². The van der Waals surface area contributed by atoms with Crippen molar-refractivity contribution in [3.63, 3.8) is 0 Å². The van der Waals surface area contributed by atoms with Gasteiger partial charge in [-0.2, -0.15) is 0 Å². The van der Waals surface area contributed by atoms with Gasteiger partial charge in [0.2, 0.25) is 0 Å². The molecule has 2 nitrogen and oxygen atoms in total. The molecule has 0 aromatic heterocycles. The van der Waals surface area contributed by atoms with Crippen LogP contribution in [-0.4, -0.2) is 13.1 Å². The van der Waals surface area contributed by atoms with E-state index in [9.17, 15) is 0 Å². The van der Waals surface area contributed by atoms with E-state index in [1.165, 1.54) is 19.3 Å². The average Bonchev–Trinajstić information content (AvgIpc) is 2.17. The molecule has 2 rings (SSSR count). The van der Waals surface area contributed by atoms with Crippen LogP contribution in [0.1, 0.15) is 19.3 Å². The predicted octanol–water partition coefficient (Wildman–Crippen LogP) is 2.88. The molecule has 0 radical (unpaired) electrons. The van der Waals surface area contributed by atoms with Gasteiger partial charge in [0.1, 0.15) is 0 Å². The third-order valence-electron chi connectivity index (χ3n) is 3.34. The quantitative estimate of drug-likeness (QED) is 0.826. The second-order valence-electron chi connectivity index (χ2n) is 4.42. The maximum Gasteiger partial charge on any atom is 0.0426 e. The summed E-state index contributed by atoms with van der Waals surface area (Å²) in [5.74, 6) is 0. The number of benzene rings is 1. The molecule has 1 aliphatic carbocycles. The maximum atomic E-state index is 5.91. The minimum Gasteiger partial charge on any atom is -0.384 e. The highest BCUT2D eigenvalue weighted by Crippen LogP contribution is 2.39. The normalized spacial score (nSPS) is 18.3. The zero-order valence-electron chi connectivity index (χ0n) is 8.80. The summed E-state index contributed by atoms with van der Waals surface area (Å²) in [6.07, 6.45) is 3.81. The van der Waals surface area contributed by atoms with E-state index in [0.717, 1.165) is 23.8 Å². The number of nitrogens with one attached hydrogen (secondary N) is 1. The predicted molar refractivity (Wildman–Crippen MR) is 65.3 cm³/mol. The van der Waals surface area contributed by atoms with Crippen molar-refractivity contribution < 1.29 is 0 Å². The summed E-state index contributed by atoms with van der Waals surface area (Å²) in [7, 11) is 0. The molecule has 0 unspecified atom stereocenters. The maximum absolute atomic E-state index is 5.91. The van der Waals surface area contributed by atoms with E-state index in [2.05, 4.69) is 5.32 Å². The Bertz CT molecular complexity index is 329. The van der Waals surface area contributed by atoms with Crippen molar-refractivity contribution in [2.75, 3.05) is 18.4 Å². The molecule has 3 N–H and O–H groups in total. The Balaban J connectivity index is 1.92. The first-order chi connectivity index (χ1) is 7.24. The molecule has 1 aromatic carbocycles. The van der Waals surface area contributed by atoms with Crippen LogP contribution in [0.4, 0.5) is 5.69 Å². The lowest BCUT2D eigenvalue weighted by Gasteiger charge is -2.41. The molecular weight excluding hydrogens is 208 g/mol. The molecular formula is C12H17ClN2. The Kier molecular flexibility index (Phi) is 3.17. The van der Waals surface area contributed by atoms with Crippen molar-refractivity contribution in [1.29, 1.82) is 0 Å². The minimum absolute atomic E-state index is 0.336. The van der Waals surface area contributed by atoms with Crippen LogP contribution in [0.25, 0.3) is 0 Å². The SMILES string of the molecule is NCC1(CNc2cccc(Cl)c2)CCC1. The largest absolute Gasteiger partial charge is 0.384 e. The Morgan fingerprint density at radius 3 is 2.73 bits per heavy atom. The molecule has 0 saturated heterocycles. The van der Waals surface area contributed by atoms with Crippen LogP contribution in [0, 0.1) is 5.41 Å². The summed E-state index contributed by atoms with van der Waals surface area (Å²) in [6.45, 7) is 1.74.